The molecule has 0 spiro atoms. The molecule has 2 heterocycles. The van der Waals surface area contributed by atoms with Crippen molar-refractivity contribution >= 4 is 23.4 Å². The summed E-state index contributed by atoms with van der Waals surface area (Å²) in [7, 11) is 0. The van der Waals surface area contributed by atoms with Crippen LogP contribution in [0.1, 0.15) is 55.9 Å². The van der Waals surface area contributed by atoms with E-state index in [1.54, 1.807) is 11.8 Å². The van der Waals surface area contributed by atoms with E-state index in [1.165, 1.54) is 11.3 Å². The molecule has 0 unspecified atom stereocenters. The van der Waals surface area contributed by atoms with Crippen molar-refractivity contribution in [2.45, 2.75) is 53.1 Å². The van der Waals surface area contributed by atoms with Crippen LogP contribution in [-0.4, -0.2) is 53.9 Å². The van der Waals surface area contributed by atoms with E-state index in [4.69, 9.17) is 14.2 Å². The molecule has 0 N–H and O–H groups in total. The standard InChI is InChI=1S/C24H32N2O5S/c1-6-29-22(27)20-16(2)25-21(32-20)18-8-7-9-19(14-18)30-15-17-10-12-26(13-11-17)23(28)31-24(3,4)5/h7-9,14,17H,6,10-13,15H2,1-5H3. The first-order chi connectivity index (χ1) is 15.2. The van der Waals surface area contributed by atoms with Gasteiger partial charge in [0.2, 0.25) is 0 Å². The summed E-state index contributed by atoms with van der Waals surface area (Å²) < 4.78 is 16.6. The van der Waals surface area contributed by atoms with Crippen molar-refractivity contribution in [1.82, 2.24) is 9.88 Å². The SMILES string of the molecule is CCOC(=O)c1sc(-c2cccc(OCC3CCN(C(=O)OC(C)(C)C)CC3)c2)nc1C. The van der Waals surface area contributed by atoms with Gasteiger partial charge in [0.1, 0.15) is 21.2 Å². The molecule has 1 saturated heterocycles. The van der Waals surface area contributed by atoms with Gasteiger partial charge in [-0.2, -0.15) is 0 Å². The maximum Gasteiger partial charge on any atom is 0.410 e. The van der Waals surface area contributed by atoms with E-state index in [1.807, 2.05) is 52.0 Å². The number of ether oxygens (including phenoxy) is 3. The van der Waals surface area contributed by atoms with Crippen LogP contribution in [-0.2, 0) is 9.47 Å². The maximum atomic E-state index is 12.2. The van der Waals surface area contributed by atoms with Gasteiger partial charge in [-0.1, -0.05) is 12.1 Å². The first-order valence-corrected chi connectivity index (χ1v) is 11.8. The minimum absolute atomic E-state index is 0.245. The monoisotopic (exact) mass is 460 g/mol. The van der Waals surface area contributed by atoms with Crippen LogP contribution in [0.5, 0.6) is 5.75 Å². The lowest BCUT2D eigenvalue weighted by Gasteiger charge is -2.33. The molecule has 3 rings (SSSR count). The number of nitrogens with zero attached hydrogens (tertiary/aromatic N) is 2. The molecule has 0 atom stereocenters. The van der Waals surface area contributed by atoms with Gasteiger partial charge in [0.15, 0.2) is 0 Å². The molecule has 1 aliphatic heterocycles. The topological polar surface area (TPSA) is 78.0 Å². The Bertz CT molecular complexity index is 942. The number of aryl methyl sites for hydroxylation is 1. The Balaban J connectivity index is 1.55. The molecular formula is C24H32N2O5S. The van der Waals surface area contributed by atoms with E-state index < -0.39 is 5.60 Å². The van der Waals surface area contributed by atoms with Crippen LogP contribution in [0.4, 0.5) is 4.79 Å². The second-order valence-corrected chi connectivity index (χ2v) is 9.90. The minimum atomic E-state index is -0.477. The van der Waals surface area contributed by atoms with Crippen molar-refractivity contribution in [3.8, 4) is 16.3 Å². The molecular weight excluding hydrogens is 428 g/mol. The Morgan fingerprint density at radius 3 is 2.59 bits per heavy atom. The third kappa shape index (κ3) is 6.45. The van der Waals surface area contributed by atoms with E-state index in [0.29, 0.717) is 42.8 Å². The summed E-state index contributed by atoms with van der Waals surface area (Å²) in [5.41, 5.74) is 1.10. The van der Waals surface area contributed by atoms with Gasteiger partial charge in [-0.25, -0.2) is 14.6 Å². The van der Waals surface area contributed by atoms with Crippen LogP contribution < -0.4 is 4.74 Å². The normalized spacial score (nSPS) is 14.8. The molecule has 0 aliphatic carbocycles. The van der Waals surface area contributed by atoms with Gasteiger partial charge in [0.05, 0.1) is 18.9 Å². The highest BCUT2D eigenvalue weighted by atomic mass is 32.1. The number of aromatic nitrogens is 1. The fourth-order valence-corrected chi connectivity index (χ4v) is 4.40. The Labute approximate surface area is 193 Å². The lowest BCUT2D eigenvalue weighted by molar-refractivity contribution is 0.0164. The van der Waals surface area contributed by atoms with Crippen LogP contribution in [0.2, 0.25) is 0 Å². The fourth-order valence-electron chi connectivity index (χ4n) is 3.45. The zero-order valence-corrected chi connectivity index (χ0v) is 20.3. The Morgan fingerprint density at radius 2 is 1.94 bits per heavy atom. The van der Waals surface area contributed by atoms with Crippen molar-refractivity contribution in [3.05, 3.63) is 34.8 Å². The quantitative estimate of drug-likeness (QED) is 0.543. The molecule has 0 saturated carbocycles. The highest BCUT2D eigenvalue weighted by molar-refractivity contribution is 7.17. The molecule has 2 aromatic rings. The first-order valence-electron chi connectivity index (χ1n) is 11.0. The summed E-state index contributed by atoms with van der Waals surface area (Å²) in [5.74, 6) is 0.816. The van der Waals surface area contributed by atoms with Crippen LogP contribution in [0, 0.1) is 12.8 Å². The summed E-state index contributed by atoms with van der Waals surface area (Å²) in [5, 5.41) is 0.765. The van der Waals surface area contributed by atoms with E-state index in [-0.39, 0.29) is 12.1 Å². The number of carbonyl (C=O) groups is 2. The molecule has 32 heavy (non-hydrogen) atoms. The predicted octanol–water partition coefficient (Wildman–Crippen LogP) is 5.32. The van der Waals surface area contributed by atoms with E-state index in [2.05, 4.69) is 4.98 Å². The number of likely N-dealkylation sites (tertiary alicyclic amines) is 1. The van der Waals surface area contributed by atoms with Gasteiger partial charge in [-0.05, 0) is 65.5 Å². The highest BCUT2D eigenvalue weighted by Crippen LogP contribution is 2.31. The van der Waals surface area contributed by atoms with Crippen molar-refractivity contribution in [3.63, 3.8) is 0 Å². The lowest BCUT2D eigenvalue weighted by Crippen LogP contribution is -2.42. The van der Waals surface area contributed by atoms with Crippen molar-refractivity contribution in [2.24, 2.45) is 5.92 Å². The van der Waals surface area contributed by atoms with Gasteiger partial charge in [0.25, 0.3) is 0 Å². The lowest BCUT2D eigenvalue weighted by atomic mass is 9.98. The Morgan fingerprint density at radius 1 is 1.22 bits per heavy atom. The van der Waals surface area contributed by atoms with Crippen LogP contribution in [0.25, 0.3) is 10.6 Å². The van der Waals surface area contributed by atoms with Gasteiger partial charge in [0, 0.05) is 18.7 Å². The molecule has 174 valence electrons. The van der Waals surface area contributed by atoms with Gasteiger partial charge in [-0.15, -0.1) is 11.3 Å². The van der Waals surface area contributed by atoms with Crippen LogP contribution in [0.3, 0.4) is 0 Å². The summed E-state index contributed by atoms with van der Waals surface area (Å²) in [4.78, 5) is 31.1. The number of esters is 1. The molecule has 8 heteroatoms. The van der Waals surface area contributed by atoms with Crippen LogP contribution >= 0.6 is 11.3 Å². The molecule has 1 fully saturated rings. The second-order valence-electron chi connectivity index (χ2n) is 8.90. The number of amides is 1. The predicted molar refractivity (Wildman–Crippen MR) is 124 cm³/mol. The Hall–Kier alpha value is -2.61. The smallest absolute Gasteiger partial charge is 0.410 e. The molecule has 1 aromatic heterocycles. The fraction of sp³-hybridized carbons (Fsp3) is 0.542. The summed E-state index contributed by atoms with van der Waals surface area (Å²) >= 11 is 1.33. The van der Waals surface area contributed by atoms with Gasteiger partial charge >= 0.3 is 12.1 Å². The van der Waals surface area contributed by atoms with E-state index in [9.17, 15) is 9.59 Å². The average Bonchev–Trinajstić information content (AvgIpc) is 3.14. The minimum Gasteiger partial charge on any atom is -0.493 e. The number of rotatable bonds is 6. The average molecular weight is 461 g/mol. The highest BCUT2D eigenvalue weighted by Gasteiger charge is 2.27. The van der Waals surface area contributed by atoms with Crippen LogP contribution in [0.15, 0.2) is 24.3 Å². The number of hydrogen-bond acceptors (Lipinski definition) is 7. The maximum absolute atomic E-state index is 12.2. The molecule has 7 nitrogen and oxygen atoms in total. The van der Waals surface area contributed by atoms with Gasteiger partial charge < -0.3 is 19.1 Å². The molecule has 0 bridgehead atoms. The number of piperidine rings is 1. The summed E-state index contributed by atoms with van der Waals surface area (Å²) in [6, 6.07) is 7.75. The Kier molecular flexibility index (Phi) is 7.77. The third-order valence-corrected chi connectivity index (χ3v) is 6.28. The molecule has 0 radical (unpaired) electrons. The van der Waals surface area contributed by atoms with Crippen molar-refractivity contribution in [2.75, 3.05) is 26.3 Å². The van der Waals surface area contributed by atoms with Crippen molar-refractivity contribution < 1.29 is 23.8 Å². The zero-order chi connectivity index (χ0) is 23.3. The number of carbonyl (C=O) groups excluding carboxylic acids is 2. The number of benzene rings is 1. The summed E-state index contributed by atoms with van der Waals surface area (Å²) in [6.45, 7) is 11.5. The molecule has 1 aliphatic rings. The molecule has 1 aromatic carbocycles. The number of hydrogen-bond donors (Lipinski definition) is 0. The second kappa shape index (κ2) is 10.3. The van der Waals surface area contributed by atoms with Gasteiger partial charge in [-0.3, -0.25) is 0 Å². The summed E-state index contributed by atoms with van der Waals surface area (Å²) in [6.07, 6.45) is 1.52. The molecule has 1 amide bonds. The zero-order valence-electron chi connectivity index (χ0n) is 19.5. The largest absolute Gasteiger partial charge is 0.493 e. The van der Waals surface area contributed by atoms with E-state index in [0.717, 1.165) is 29.2 Å². The third-order valence-electron chi connectivity index (χ3n) is 5.09. The number of thiazole rings is 1. The van der Waals surface area contributed by atoms with Crippen molar-refractivity contribution in [1.29, 1.82) is 0 Å². The van der Waals surface area contributed by atoms with E-state index >= 15 is 0 Å². The first kappa shape index (κ1) is 24.0.